The van der Waals surface area contributed by atoms with E-state index in [-0.39, 0.29) is 17.0 Å². The summed E-state index contributed by atoms with van der Waals surface area (Å²) in [5, 5.41) is 32.6. The Morgan fingerprint density at radius 2 is 1.41 bits per heavy atom. The number of piperidine rings is 2. The molecule has 3 aromatic carbocycles. The first-order chi connectivity index (χ1) is 23.0. The van der Waals surface area contributed by atoms with Crippen molar-refractivity contribution in [2.75, 3.05) is 6.54 Å². The first-order valence-corrected chi connectivity index (χ1v) is 19.0. The number of phenols is 2. The monoisotopic (exact) mass is 685 g/mol. The standard InChI is InChI=1S/C40H48NO7P/c1-26-33-29(23-30(42)34(26)43)38(4)20-22-40(6)39(5,21-19-37(3)18-17-36(2,35(44)45)25-41(37)40)32(38)24-31(33)49(46,47-27-13-9-7-10-14-27)48-28-15-11-8-12-16-28/h7-16,23-24,31,42-43H,17-22,25H2,1-6H3,(H,44,45)/t31?,36-,37-,38+,39-,40-/m1/s1. The van der Waals surface area contributed by atoms with Gasteiger partial charge in [-0.15, -0.1) is 0 Å². The number of carboxylic acid groups (broad SMARTS) is 1. The second-order valence-electron chi connectivity index (χ2n) is 16.1. The van der Waals surface area contributed by atoms with Crippen LogP contribution in [-0.4, -0.2) is 43.8 Å². The second-order valence-corrected chi connectivity index (χ2v) is 18.1. The van der Waals surface area contributed by atoms with E-state index < -0.39 is 41.0 Å². The summed E-state index contributed by atoms with van der Waals surface area (Å²) in [4.78, 5) is 15.1. The fourth-order valence-electron chi connectivity index (χ4n) is 9.83. The van der Waals surface area contributed by atoms with Crippen LogP contribution in [0.3, 0.4) is 0 Å². The van der Waals surface area contributed by atoms with Crippen LogP contribution in [0.15, 0.2) is 78.4 Å². The third kappa shape index (κ3) is 4.88. The van der Waals surface area contributed by atoms with E-state index >= 15 is 4.57 Å². The van der Waals surface area contributed by atoms with Crippen LogP contribution in [0, 0.1) is 17.8 Å². The summed E-state index contributed by atoms with van der Waals surface area (Å²) >= 11 is 0. The van der Waals surface area contributed by atoms with E-state index in [4.69, 9.17) is 9.05 Å². The Bertz CT molecular complexity index is 1850. The van der Waals surface area contributed by atoms with Gasteiger partial charge in [-0.2, -0.15) is 0 Å². The van der Waals surface area contributed by atoms with E-state index in [9.17, 15) is 20.1 Å². The molecule has 8 nitrogen and oxygen atoms in total. The van der Waals surface area contributed by atoms with Crippen molar-refractivity contribution in [2.24, 2.45) is 10.8 Å². The van der Waals surface area contributed by atoms with Gasteiger partial charge in [0.1, 0.15) is 17.2 Å². The molecule has 3 aromatic rings. The quantitative estimate of drug-likeness (QED) is 0.134. The number of hydrogen-bond donors (Lipinski definition) is 3. The number of allylic oxidation sites excluding steroid dienone is 1. The van der Waals surface area contributed by atoms with Crippen molar-refractivity contribution in [1.29, 1.82) is 0 Å². The summed E-state index contributed by atoms with van der Waals surface area (Å²) in [5.41, 5.74) is -0.394. The van der Waals surface area contributed by atoms with Gasteiger partial charge in [-0.1, -0.05) is 61.9 Å². The van der Waals surface area contributed by atoms with Crippen molar-refractivity contribution in [3.63, 3.8) is 0 Å². The zero-order valence-electron chi connectivity index (χ0n) is 29.3. The number of aliphatic carboxylic acids is 1. The Hall–Kier alpha value is -3.74. The molecule has 0 radical (unpaired) electrons. The molecule has 9 heteroatoms. The number of para-hydroxylation sites is 2. The van der Waals surface area contributed by atoms with Gasteiger partial charge in [0.25, 0.3) is 0 Å². The number of nitrogens with zero attached hydrogens (tertiary/aromatic N) is 1. The lowest BCUT2D eigenvalue weighted by Gasteiger charge is -2.71. The van der Waals surface area contributed by atoms with Gasteiger partial charge in [-0.3, -0.25) is 9.69 Å². The Morgan fingerprint density at radius 3 is 1.98 bits per heavy atom. The summed E-state index contributed by atoms with van der Waals surface area (Å²) in [5.74, 6) is -0.449. The van der Waals surface area contributed by atoms with Crippen LogP contribution in [0.2, 0.25) is 0 Å². The van der Waals surface area contributed by atoms with Gasteiger partial charge in [0.2, 0.25) is 0 Å². The molecular weight excluding hydrogens is 637 g/mol. The zero-order chi connectivity index (χ0) is 35.2. The molecule has 0 bridgehead atoms. The minimum atomic E-state index is -4.16. The topological polar surface area (TPSA) is 117 Å². The van der Waals surface area contributed by atoms with Gasteiger partial charge in [0.15, 0.2) is 11.5 Å². The normalized spacial score (nSPS) is 34.0. The van der Waals surface area contributed by atoms with Crippen LogP contribution in [0.4, 0.5) is 0 Å². The minimum Gasteiger partial charge on any atom is -0.504 e. The maximum absolute atomic E-state index is 15.7. The van der Waals surface area contributed by atoms with E-state index in [1.54, 1.807) is 37.3 Å². The molecule has 1 unspecified atom stereocenters. The Kier molecular flexibility index (Phi) is 7.67. The molecule has 2 aliphatic heterocycles. The lowest BCUT2D eigenvalue weighted by molar-refractivity contribution is -0.185. The van der Waals surface area contributed by atoms with E-state index in [2.05, 4.69) is 38.7 Å². The van der Waals surface area contributed by atoms with Gasteiger partial charge in [0, 0.05) is 28.5 Å². The predicted octanol–water partition coefficient (Wildman–Crippen LogP) is 9.29. The van der Waals surface area contributed by atoms with Crippen LogP contribution >= 0.6 is 7.60 Å². The molecule has 3 fully saturated rings. The van der Waals surface area contributed by atoms with Crippen LogP contribution in [0.25, 0.3) is 0 Å². The fourth-order valence-corrected chi connectivity index (χ4v) is 11.9. The van der Waals surface area contributed by atoms with Gasteiger partial charge in [0.05, 0.1) is 5.41 Å². The molecule has 260 valence electrons. The molecule has 0 amide bonds. The number of phenolic OH excluding ortho intramolecular Hbond substituents is 2. The molecule has 6 atom stereocenters. The average Bonchev–Trinajstić information content (AvgIpc) is 3.06. The lowest BCUT2D eigenvalue weighted by Crippen LogP contribution is -2.74. The maximum Gasteiger partial charge on any atom is 0.441 e. The molecule has 3 N–H and O–H groups in total. The summed E-state index contributed by atoms with van der Waals surface area (Å²) in [6.45, 7) is 13.2. The van der Waals surface area contributed by atoms with Crippen molar-refractivity contribution in [2.45, 2.75) is 102 Å². The molecule has 7 rings (SSSR count). The highest BCUT2D eigenvalue weighted by Crippen LogP contribution is 2.72. The van der Waals surface area contributed by atoms with E-state index in [0.29, 0.717) is 42.0 Å². The predicted molar refractivity (Wildman–Crippen MR) is 189 cm³/mol. The third-order valence-corrected chi connectivity index (χ3v) is 15.2. The molecule has 1 saturated carbocycles. The maximum atomic E-state index is 15.7. The number of benzene rings is 3. The van der Waals surface area contributed by atoms with Crippen LogP contribution in [-0.2, 0) is 14.8 Å². The van der Waals surface area contributed by atoms with Crippen LogP contribution in [0.1, 0.15) is 95.5 Å². The Labute approximate surface area is 289 Å². The van der Waals surface area contributed by atoms with Gasteiger partial charge < -0.3 is 24.4 Å². The minimum absolute atomic E-state index is 0.147. The fraction of sp³-hybridized carbons (Fsp3) is 0.475. The van der Waals surface area contributed by atoms with Crippen molar-refractivity contribution in [3.05, 3.63) is 95.1 Å². The summed E-state index contributed by atoms with van der Waals surface area (Å²) < 4.78 is 28.6. The summed E-state index contributed by atoms with van der Waals surface area (Å²) in [6.07, 6.45) is 6.80. The number of hydrogen-bond acceptors (Lipinski definition) is 7. The Balaban J connectivity index is 1.46. The van der Waals surface area contributed by atoms with Gasteiger partial charge >= 0.3 is 13.6 Å². The molecule has 49 heavy (non-hydrogen) atoms. The number of carbonyl (C=O) groups is 1. The number of carboxylic acids is 1. The number of aromatic hydroxyl groups is 2. The largest absolute Gasteiger partial charge is 0.504 e. The van der Waals surface area contributed by atoms with E-state index in [0.717, 1.165) is 36.8 Å². The van der Waals surface area contributed by atoms with Crippen molar-refractivity contribution >= 4 is 13.6 Å². The molecule has 4 aliphatic rings. The highest BCUT2D eigenvalue weighted by atomic mass is 31.2. The van der Waals surface area contributed by atoms with Crippen molar-refractivity contribution in [1.82, 2.24) is 4.90 Å². The van der Waals surface area contributed by atoms with Crippen LogP contribution in [0.5, 0.6) is 23.0 Å². The van der Waals surface area contributed by atoms with Crippen molar-refractivity contribution in [3.8, 4) is 23.0 Å². The molecule has 0 spiro atoms. The highest BCUT2D eigenvalue weighted by Gasteiger charge is 2.67. The average molecular weight is 686 g/mol. The first-order valence-electron chi connectivity index (χ1n) is 17.4. The van der Waals surface area contributed by atoms with Gasteiger partial charge in [-0.05, 0) is 113 Å². The molecule has 2 heterocycles. The van der Waals surface area contributed by atoms with Crippen LogP contribution < -0.4 is 9.05 Å². The SMILES string of the molecule is Cc1c(O)c(O)cc2c1C(P(=O)(Oc1ccccc1)Oc1ccccc1)C=C1[C@@]2(C)CC[C@@]2(C)N3C[C@](C)(C(=O)O)CC[C@]3(C)CC[C@]12C. The highest BCUT2D eigenvalue weighted by molar-refractivity contribution is 7.55. The molecular formula is C40H48NO7P. The van der Waals surface area contributed by atoms with E-state index in [1.165, 1.54) is 0 Å². The molecule has 2 saturated heterocycles. The van der Waals surface area contributed by atoms with Gasteiger partial charge in [-0.25, -0.2) is 4.57 Å². The lowest BCUT2D eigenvalue weighted by atomic mass is 9.44. The third-order valence-electron chi connectivity index (χ3n) is 13.2. The summed E-state index contributed by atoms with van der Waals surface area (Å²) in [7, 11) is -4.16. The second kappa shape index (κ2) is 11.1. The first kappa shape index (κ1) is 33.7. The Morgan fingerprint density at radius 1 is 0.837 bits per heavy atom. The number of rotatable bonds is 6. The molecule has 0 aromatic heterocycles. The van der Waals surface area contributed by atoms with E-state index in [1.807, 2.05) is 43.3 Å². The summed E-state index contributed by atoms with van der Waals surface area (Å²) in [6, 6.07) is 19.6. The smallest absolute Gasteiger partial charge is 0.441 e. The van der Waals surface area contributed by atoms with Crippen molar-refractivity contribution < 1.29 is 33.7 Å². The molecule has 2 aliphatic carbocycles. The zero-order valence-corrected chi connectivity index (χ0v) is 30.2. The number of fused-ring (bicyclic) bond motifs is 7.